The van der Waals surface area contributed by atoms with Crippen LogP contribution in [0, 0.1) is 0 Å². The summed E-state index contributed by atoms with van der Waals surface area (Å²) in [5, 5.41) is 3.82. The number of ether oxygens (including phenoxy) is 1. The van der Waals surface area contributed by atoms with Gasteiger partial charge in [0.15, 0.2) is 0 Å². The first-order chi connectivity index (χ1) is 16.0. The van der Waals surface area contributed by atoms with Crippen molar-refractivity contribution in [2.24, 2.45) is 0 Å². The fourth-order valence-corrected chi connectivity index (χ4v) is 7.64. The van der Waals surface area contributed by atoms with Crippen LogP contribution in [0.15, 0.2) is 47.4 Å². The molecule has 0 unspecified atom stereocenters. The summed E-state index contributed by atoms with van der Waals surface area (Å²) in [6.45, 7) is 4.22. The maximum Gasteiger partial charge on any atom is 0.325 e. The first-order valence-corrected chi connectivity index (χ1v) is 15.4. The lowest BCUT2D eigenvalue weighted by molar-refractivity contribution is 0.290. The van der Waals surface area contributed by atoms with E-state index in [1.54, 1.807) is 13.2 Å². The predicted molar refractivity (Wildman–Crippen MR) is 138 cm³/mol. The van der Waals surface area contributed by atoms with E-state index >= 15 is 0 Å². The van der Waals surface area contributed by atoms with Gasteiger partial charge in [0.25, 0.3) is 0 Å². The van der Waals surface area contributed by atoms with Gasteiger partial charge in [0.05, 0.1) is 30.0 Å². The van der Waals surface area contributed by atoms with E-state index in [1.165, 1.54) is 0 Å². The molecule has 0 aliphatic carbocycles. The molecule has 1 aliphatic heterocycles. The molecule has 0 saturated carbocycles. The molecule has 2 aromatic carbocycles. The van der Waals surface area contributed by atoms with Gasteiger partial charge in [0.2, 0.25) is 0 Å². The molecule has 1 aliphatic rings. The Kier molecular flexibility index (Phi) is 8.90. The highest BCUT2D eigenvalue weighted by molar-refractivity contribution is 8.24. The summed E-state index contributed by atoms with van der Waals surface area (Å²) in [7, 11) is -5.69. The van der Waals surface area contributed by atoms with Gasteiger partial charge >= 0.3 is 7.60 Å². The van der Waals surface area contributed by atoms with Gasteiger partial charge in [-0.05, 0) is 48.9 Å². The summed E-state index contributed by atoms with van der Waals surface area (Å²) in [6.07, 6.45) is 4.00. The zero-order valence-electron chi connectivity index (χ0n) is 20.2. The third kappa shape index (κ3) is 6.43. The standard InChI is InChI=1S/C25H38NO6PS/c1-4-6-14-25(5-2)18-34(30,31)23-16-20(13-10-15-33(27,28)29)22(32-3)17-21(23)24(26-25)19-11-8-7-9-12-19/h7-9,11-12,16-17,24,26,30-31H,4-6,10,13-15,18H2,1-3H3,(H2,27,28,29)/t24-,25-/m1/s1. The number of aryl methyl sites for hydroxylation is 1. The summed E-state index contributed by atoms with van der Waals surface area (Å²) in [5.41, 5.74) is 2.08. The second-order valence-electron chi connectivity index (χ2n) is 9.23. The van der Waals surface area contributed by atoms with Crippen molar-refractivity contribution in [3.8, 4) is 5.75 Å². The largest absolute Gasteiger partial charge is 0.496 e. The van der Waals surface area contributed by atoms with Crippen LogP contribution < -0.4 is 10.1 Å². The van der Waals surface area contributed by atoms with E-state index in [1.807, 2.05) is 36.4 Å². The third-order valence-corrected chi connectivity index (χ3v) is 9.63. The van der Waals surface area contributed by atoms with Crippen LogP contribution in [0.3, 0.4) is 0 Å². The van der Waals surface area contributed by atoms with E-state index in [4.69, 9.17) is 4.74 Å². The molecular formula is C25H38NO6PS. The van der Waals surface area contributed by atoms with E-state index < -0.39 is 23.7 Å². The molecule has 7 nitrogen and oxygen atoms in total. The Bertz CT molecular complexity index is 1010. The van der Waals surface area contributed by atoms with Crippen molar-refractivity contribution in [1.29, 1.82) is 0 Å². The summed E-state index contributed by atoms with van der Waals surface area (Å²) < 4.78 is 40.0. The quantitative estimate of drug-likeness (QED) is 0.250. The minimum Gasteiger partial charge on any atom is -0.496 e. The molecule has 2 atom stereocenters. The van der Waals surface area contributed by atoms with Crippen LogP contribution in [0.2, 0.25) is 0 Å². The van der Waals surface area contributed by atoms with Crippen LogP contribution in [0.25, 0.3) is 0 Å². The summed E-state index contributed by atoms with van der Waals surface area (Å²) in [5.74, 6) is 0.807. The lowest BCUT2D eigenvalue weighted by Crippen LogP contribution is -2.49. The lowest BCUT2D eigenvalue weighted by atomic mass is 9.87. The highest BCUT2D eigenvalue weighted by atomic mass is 32.3. The maximum atomic E-state index is 11.5. The van der Waals surface area contributed by atoms with E-state index in [-0.39, 0.29) is 24.4 Å². The minimum absolute atomic E-state index is 0.223. The van der Waals surface area contributed by atoms with E-state index in [9.17, 15) is 23.5 Å². The van der Waals surface area contributed by atoms with Gasteiger partial charge in [-0.25, -0.2) is 0 Å². The molecule has 34 heavy (non-hydrogen) atoms. The number of rotatable bonds is 10. The van der Waals surface area contributed by atoms with Crippen LogP contribution in [-0.4, -0.2) is 43.5 Å². The van der Waals surface area contributed by atoms with Gasteiger partial charge in [-0.1, -0.05) is 57.0 Å². The fraction of sp³-hybridized carbons (Fsp3) is 0.520. The average molecular weight is 512 g/mol. The molecule has 0 amide bonds. The van der Waals surface area contributed by atoms with Gasteiger partial charge in [0.1, 0.15) is 5.75 Å². The SMILES string of the molecule is CCCC[C@]1(CC)CS(O)(O)c2cc(CCCP(=O)(O)O)c(OC)cc2[C@@H](c2ccccc2)N1. The van der Waals surface area contributed by atoms with Crippen LogP contribution in [0.4, 0.5) is 0 Å². The predicted octanol–water partition coefficient (Wildman–Crippen LogP) is 5.95. The van der Waals surface area contributed by atoms with Gasteiger partial charge in [-0.3, -0.25) is 19.0 Å². The van der Waals surface area contributed by atoms with E-state index in [0.29, 0.717) is 17.1 Å². The van der Waals surface area contributed by atoms with Crippen molar-refractivity contribution >= 4 is 18.2 Å². The first-order valence-electron chi connectivity index (χ1n) is 11.9. The smallest absolute Gasteiger partial charge is 0.325 e. The molecule has 0 fully saturated rings. The molecule has 9 heteroatoms. The normalized spacial score (nSPS) is 23.1. The molecule has 0 bridgehead atoms. The molecule has 2 aromatic rings. The third-order valence-electron chi connectivity index (χ3n) is 6.72. The summed E-state index contributed by atoms with van der Waals surface area (Å²) in [4.78, 5) is 19.0. The Morgan fingerprint density at radius 1 is 1.15 bits per heavy atom. The molecule has 1 heterocycles. The molecular weight excluding hydrogens is 473 g/mol. The van der Waals surface area contributed by atoms with Crippen LogP contribution in [0.5, 0.6) is 5.75 Å². The van der Waals surface area contributed by atoms with Crippen LogP contribution in [0.1, 0.15) is 68.7 Å². The van der Waals surface area contributed by atoms with Crippen molar-refractivity contribution in [1.82, 2.24) is 5.32 Å². The highest BCUT2D eigenvalue weighted by Crippen LogP contribution is 2.58. The topological polar surface area (TPSA) is 119 Å². The van der Waals surface area contributed by atoms with Gasteiger partial charge in [-0.2, -0.15) is 10.6 Å². The van der Waals surface area contributed by atoms with Crippen LogP contribution >= 0.6 is 18.2 Å². The second kappa shape index (κ2) is 11.1. The monoisotopic (exact) mass is 511 g/mol. The van der Waals surface area contributed by atoms with Crippen molar-refractivity contribution in [3.63, 3.8) is 0 Å². The number of fused-ring (bicyclic) bond motifs is 1. The lowest BCUT2D eigenvalue weighted by Gasteiger charge is -2.42. The Hall–Kier alpha value is -1.38. The number of benzene rings is 2. The molecule has 190 valence electrons. The zero-order chi connectivity index (χ0) is 25.0. The van der Waals surface area contributed by atoms with E-state index in [0.717, 1.165) is 42.4 Å². The molecule has 0 radical (unpaired) electrons. The van der Waals surface area contributed by atoms with E-state index in [2.05, 4.69) is 19.2 Å². The molecule has 0 aromatic heterocycles. The van der Waals surface area contributed by atoms with Gasteiger partial charge in [0, 0.05) is 11.1 Å². The number of methoxy groups -OCH3 is 1. The highest BCUT2D eigenvalue weighted by Gasteiger charge is 2.42. The number of hydrogen-bond acceptors (Lipinski definition) is 5. The Morgan fingerprint density at radius 3 is 2.44 bits per heavy atom. The fourth-order valence-electron chi connectivity index (χ4n) is 4.82. The molecule has 0 saturated heterocycles. The molecule has 5 N–H and O–H groups in total. The van der Waals surface area contributed by atoms with Gasteiger partial charge < -0.3 is 14.5 Å². The Morgan fingerprint density at radius 2 is 1.85 bits per heavy atom. The van der Waals surface area contributed by atoms with Crippen molar-refractivity contribution < 1.29 is 28.2 Å². The number of nitrogens with one attached hydrogen (secondary N) is 1. The van der Waals surface area contributed by atoms with Gasteiger partial charge in [-0.15, -0.1) is 0 Å². The maximum absolute atomic E-state index is 11.5. The average Bonchev–Trinajstić information content (AvgIpc) is 2.89. The van der Waals surface area contributed by atoms with Crippen molar-refractivity contribution in [2.45, 2.75) is 68.8 Å². The minimum atomic E-state index is -4.11. The van der Waals surface area contributed by atoms with Crippen molar-refractivity contribution in [3.05, 3.63) is 59.2 Å². The number of unbranched alkanes of at least 4 members (excludes halogenated alkanes) is 1. The second-order valence-corrected chi connectivity index (χ2v) is 13.1. The van der Waals surface area contributed by atoms with Crippen molar-refractivity contribution in [2.75, 3.05) is 19.0 Å². The first kappa shape index (κ1) is 27.2. The molecule has 3 rings (SSSR count). The summed E-state index contributed by atoms with van der Waals surface area (Å²) in [6, 6.07) is 13.4. The Balaban J connectivity index is 2.14. The van der Waals surface area contributed by atoms with Crippen LogP contribution in [-0.2, 0) is 11.0 Å². The number of hydrogen-bond donors (Lipinski definition) is 5. The Labute approximate surface area is 204 Å². The summed E-state index contributed by atoms with van der Waals surface area (Å²) >= 11 is 0. The zero-order valence-corrected chi connectivity index (χ0v) is 21.9. The molecule has 0 spiro atoms.